The van der Waals surface area contributed by atoms with Crippen LogP contribution in [0.5, 0.6) is 0 Å². The molecule has 0 radical (unpaired) electrons. The van der Waals surface area contributed by atoms with E-state index in [-0.39, 0.29) is 12.0 Å². The van der Waals surface area contributed by atoms with E-state index in [0.717, 1.165) is 43.1 Å². The largest absolute Gasteiger partial charge is 0.370 e. The van der Waals surface area contributed by atoms with Gasteiger partial charge in [0.1, 0.15) is 6.10 Å². The van der Waals surface area contributed by atoms with Crippen molar-refractivity contribution in [2.75, 3.05) is 46.9 Å². The molecular formula is C22H32N6O2. The van der Waals surface area contributed by atoms with Gasteiger partial charge in [0.2, 0.25) is 0 Å². The highest BCUT2D eigenvalue weighted by Gasteiger charge is 2.25. The van der Waals surface area contributed by atoms with E-state index in [0.29, 0.717) is 18.7 Å². The second kappa shape index (κ2) is 10.2. The van der Waals surface area contributed by atoms with Gasteiger partial charge in [-0.3, -0.25) is 14.5 Å². The van der Waals surface area contributed by atoms with Gasteiger partial charge in [0, 0.05) is 58.1 Å². The van der Waals surface area contributed by atoms with E-state index in [2.05, 4.69) is 22.2 Å². The van der Waals surface area contributed by atoms with Crippen molar-refractivity contribution >= 4 is 11.9 Å². The predicted octanol–water partition coefficient (Wildman–Crippen LogP) is 1.70. The van der Waals surface area contributed by atoms with Crippen LogP contribution in [0.2, 0.25) is 0 Å². The number of carbonyl (C=O) groups excluding carboxylic acids is 1. The summed E-state index contributed by atoms with van der Waals surface area (Å²) in [6, 6.07) is 7.78. The average molecular weight is 413 g/mol. The summed E-state index contributed by atoms with van der Waals surface area (Å²) in [6.45, 7) is 5.72. The Morgan fingerprint density at radius 3 is 2.93 bits per heavy atom. The second-order valence-corrected chi connectivity index (χ2v) is 7.64. The first-order chi connectivity index (χ1) is 14.5. The Labute approximate surface area is 178 Å². The number of aromatic nitrogens is 2. The first kappa shape index (κ1) is 21.8. The van der Waals surface area contributed by atoms with E-state index in [1.165, 1.54) is 0 Å². The van der Waals surface area contributed by atoms with Crippen molar-refractivity contribution in [3.63, 3.8) is 0 Å². The molecule has 2 heterocycles. The molecule has 1 aromatic heterocycles. The summed E-state index contributed by atoms with van der Waals surface area (Å²) in [5.41, 5.74) is 2.90. The fourth-order valence-corrected chi connectivity index (χ4v) is 3.48. The zero-order valence-electron chi connectivity index (χ0n) is 18.3. The first-order valence-corrected chi connectivity index (χ1v) is 10.4. The molecule has 1 aromatic carbocycles. The second-order valence-electron chi connectivity index (χ2n) is 7.64. The Hall–Kier alpha value is -2.87. The van der Waals surface area contributed by atoms with Crippen molar-refractivity contribution in [3.05, 3.63) is 53.3 Å². The molecule has 0 bridgehead atoms. The van der Waals surface area contributed by atoms with Gasteiger partial charge < -0.3 is 19.9 Å². The Balaban J connectivity index is 1.64. The number of amides is 1. The van der Waals surface area contributed by atoms with Crippen molar-refractivity contribution in [2.45, 2.75) is 19.4 Å². The fourth-order valence-electron chi connectivity index (χ4n) is 3.48. The molecule has 1 aliphatic heterocycles. The summed E-state index contributed by atoms with van der Waals surface area (Å²) < 4.78 is 7.75. The summed E-state index contributed by atoms with van der Waals surface area (Å²) in [5.74, 6) is 0.915. The number of nitrogens with one attached hydrogen (secondary N) is 1. The third-order valence-corrected chi connectivity index (χ3v) is 5.04. The molecule has 1 aliphatic rings. The molecule has 1 unspecified atom stereocenters. The topological polar surface area (TPSA) is 75.0 Å². The highest BCUT2D eigenvalue weighted by molar-refractivity contribution is 5.94. The molecule has 8 nitrogen and oxygen atoms in total. The van der Waals surface area contributed by atoms with Gasteiger partial charge in [-0.15, -0.1) is 0 Å². The molecule has 0 spiro atoms. The highest BCUT2D eigenvalue weighted by Crippen LogP contribution is 2.21. The number of rotatable bonds is 6. The molecule has 30 heavy (non-hydrogen) atoms. The van der Waals surface area contributed by atoms with Crippen LogP contribution in [-0.2, 0) is 18.2 Å². The number of morpholine rings is 1. The van der Waals surface area contributed by atoms with E-state index in [9.17, 15) is 4.79 Å². The molecule has 1 amide bonds. The molecule has 0 saturated carbocycles. The van der Waals surface area contributed by atoms with Gasteiger partial charge in [-0.05, 0) is 31.0 Å². The minimum Gasteiger partial charge on any atom is -0.370 e. The first-order valence-electron chi connectivity index (χ1n) is 10.4. The maximum absolute atomic E-state index is 12.2. The lowest BCUT2D eigenvalue weighted by Crippen LogP contribution is -2.48. The molecule has 0 aliphatic carbocycles. The Morgan fingerprint density at radius 2 is 2.23 bits per heavy atom. The standard InChI is InChI=1S/C22H32N6O2/c1-5-23-22(28-11-12-30-20(16-28)19-14-25-27(4)15-19)24-10-9-17-7-6-8-18(13-17)21(29)26(2)3/h6-8,13-15,20H,5,9-12,16H2,1-4H3,(H,23,24). The van der Waals surface area contributed by atoms with E-state index in [4.69, 9.17) is 9.73 Å². The number of aryl methyl sites for hydroxylation is 1. The predicted molar refractivity (Wildman–Crippen MR) is 118 cm³/mol. The van der Waals surface area contributed by atoms with Crippen LogP contribution in [0, 0.1) is 0 Å². The number of guanidine groups is 1. The molecule has 1 fully saturated rings. The van der Waals surface area contributed by atoms with Crippen molar-refractivity contribution in [3.8, 4) is 0 Å². The van der Waals surface area contributed by atoms with Crippen LogP contribution < -0.4 is 5.32 Å². The quantitative estimate of drug-likeness (QED) is 0.577. The average Bonchev–Trinajstić information content (AvgIpc) is 3.19. The zero-order valence-corrected chi connectivity index (χ0v) is 18.3. The van der Waals surface area contributed by atoms with Crippen molar-refractivity contribution in [2.24, 2.45) is 12.0 Å². The number of hydrogen-bond donors (Lipinski definition) is 1. The summed E-state index contributed by atoms with van der Waals surface area (Å²) in [7, 11) is 5.45. The van der Waals surface area contributed by atoms with E-state index in [1.807, 2.05) is 43.7 Å². The molecule has 162 valence electrons. The molecule has 1 saturated heterocycles. The van der Waals surface area contributed by atoms with Crippen LogP contribution in [-0.4, -0.2) is 78.3 Å². The van der Waals surface area contributed by atoms with Crippen LogP contribution in [0.1, 0.15) is 34.5 Å². The van der Waals surface area contributed by atoms with Gasteiger partial charge in [-0.2, -0.15) is 5.10 Å². The lowest BCUT2D eigenvalue weighted by Gasteiger charge is -2.34. The zero-order chi connectivity index (χ0) is 21.5. The van der Waals surface area contributed by atoms with Crippen LogP contribution >= 0.6 is 0 Å². The van der Waals surface area contributed by atoms with Crippen molar-refractivity contribution < 1.29 is 9.53 Å². The number of ether oxygens (including phenoxy) is 1. The van der Waals surface area contributed by atoms with E-state index < -0.39 is 0 Å². The SMILES string of the molecule is CCNC(=NCCc1cccc(C(=O)N(C)C)c1)N1CCOC(c2cnn(C)c2)C1. The summed E-state index contributed by atoms with van der Waals surface area (Å²) in [4.78, 5) is 20.9. The monoisotopic (exact) mass is 412 g/mol. The Kier molecular flexibility index (Phi) is 7.46. The van der Waals surface area contributed by atoms with Gasteiger partial charge in [0.15, 0.2) is 5.96 Å². The van der Waals surface area contributed by atoms with Gasteiger partial charge >= 0.3 is 0 Å². The van der Waals surface area contributed by atoms with Crippen LogP contribution in [0.25, 0.3) is 0 Å². The minimum atomic E-state index is -0.00923. The number of aliphatic imine (C=N–C) groups is 1. The maximum Gasteiger partial charge on any atom is 0.253 e. The van der Waals surface area contributed by atoms with Crippen molar-refractivity contribution in [1.82, 2.24) is 24.9 Å². The minimum absolute atomic E-state index is 0.00923. The van der Waals surface area contributed by atoms with Crippen molar-refractivity contribution in [1.29, 1.82) is 0 Å². The van der Waals surface area contributed by atoms with Crippen LogP contribution in [0.15, 0.2) is 41.7 Å². The molecule has 1 N–H and O–H groups in total. The van der Waals surface area contributed by atoms with E-state index in [1.54, 1.807) is 23.7 Å². The third kappa shape index (κ3) is 5.60. The number of hydrogen-bond acceptors (Lipinski definition) is 4. The van der Waals surface area contributed by atoms with Crippen LogP contribution in [0.3, 0.4) is 0 Å². The third-order valence-electron chi connectivity index (χ3n) is 5.04. The number of nitrogens with zero attached hydrogens (tertiary/aromatic N) is 5. The fraction of sp³-hybridized carbons (Fsp3) is 0.500. The van der Waals surface area contributed by atoms with Gasteiger partial charge in [0.05, 0.1) is 19.3 Å². The number of carbonyl (C=O) groups is 1. The van der Waals surface area contributed by atoms with E-state index >= 15 is 0 Å². The Morgan fingerprint density at radius 1 is 1.40 bits per heavy atom. The number of benzene rings is 1. The molecule has 1 atom stereocenters. The normalized spacial score (nSPS) is 17.1. The lowest BCUT2D eigenvalue weighted by molar-refractivity contribution is -0.00803. The van der Waals surface area contributed by atoms with Gasteiger partial charge in [-0.1, -0.05) is 12.1 Å². The highest BCUT2D eigenvalue weighted by atomic mass is 16.5. The molecular weight excluding hydrogens is 380 g/mol. The maximum atomic E-state index is 12.2. The molecule has 3 rings (SSSR count). The van der Waals surface area contributed by atoms with Gasteiger partial charge in [0.25, 0.3) is 5.91 Å². The molecule has 8 heteroatoms. The molecule has 2 aromatic rings. The van der Waals surface area contributed by atoms with Crippen LogP contribution in [0.4, 0.5) is 0 Å². The summed E-state index contributed by atoms with van der Waals surface area (Å²) >= 11 is 0. The summed E-state index contributed by atoms with van der Waals surface area (Å²) in [6.07, 6.45) is 4.63. The Bertz CT molecular complexity index is 876. The van der Waals surface area contributed by atoms with Gasteiger partial charge in [-0.25, -0.2) is 0 Å². The summed E-state index contributed by atoms with van der Waals surface area (Å²) in [5, 5.41) is 7.66. The smallest absolute Gasteiger partial charge is 0.253 e. The lowest BCUT2D eigenvalue weighted by atomic mass is 10.1.